The minimum atomic E-state index is -0.977. The number of hydrogen-bond acceptors (Lipinski definition) is 2. The molecule has 20 heavy (non-hydrogen) atoms. The number of amides is 1. The zero-order valence-corrected chi connectivity index (χ0v) is 12.1. The van der Waals surface area contributed by atoms with Crippen LogP contribution in [-0.2, 0) is 11.2 Å². The van der Waals surface area contributed by atoms with Crippen molar-refractivity contribution in [3.63, 3.8) is 0 Å². The van der Waals surface area contributed by atoms with E-state index in [9.17, 15) is 4.79 Å². The van der Waals surface area contributed by atoms with Gasteiger partial charge in [-0.15, -0.1) is 0 Å². The second kappa shape index (κ2) is 5.38. The summed E-state index contributed by atoms with van der Waals surface area (Å²) in [6, 6.07) is 10.1. The molecule has 1 aromatic carbocycles. The number of nitrogens with zero attached hydrogens (tertiary/aromatic N) is 1. The number of carbonyl (C=O) groups is 1. The van der Waals surface area contributed by atoms with Crippen LogP contribution in [-0.4, -0.2) is 17.4 Å². The van der Waals surface area contributed by atoms with Crippen LogP contribution < -0.4 is 5.32 Å². The Balaban J connectivity index is 2.06. The maximum Gasteiger partial charge on any atom is 0.239 e. The summed E-state index contributed by atoms with van der Waals surface area (Å²) in [6.07, 6.45) is 0.753. The van der Waals surface area contributed by atoms with Gasteiger partial charge in [0, 0.05) is 23.1 Å². The molecular formula is C16H19N3O. The van der Waals surface area contributed by atoms with Crippen LogP contribution in [0.25, 0.3) is 10.9 Å². The Morgan fingerprint density at radius 1 is 1.40 bits per heavy atom. The Bertz CT molecular complexity index is 677. The molecule has 0 aliphatic carbocycles. The van der Waals surface area contributed by atoms with Gasteiger partial charge in [-0.3, -0.25) is 4.79 Å². The zero-order valence-electron chi connectivity index (χ0n) is 12.1. The highest BCUT2D eigenvalue weighted by Gasteiger charge is 2.26. The Morgan fingerprint density at radius 3 is 2.80 bits per heavy atom. The molecule has 0 atom stereocenters. The van der Waals surface area contributed by atoms with Crippen LogP contribution in [0, 0.1) is 23.7 Å². The number of nitrogens with one attached hydrogen (secondary N) is 2. The molecule has 104 valence electrons. The van der Waals surface area contributed by atoms with Crippen LogP contribution in [0.3, 0.4) is 0 Å². The van der Waals surface area contributed by atoms with Crippen LogP contribution in [0.5, 0.6) is 0 Å². The predicted octanol–water partition coefficient (Wildman–Crippen LogP) is 2.68. The van der Waals surface area contributed by atoms with Crippen molar-refractivity contribution < 1.29 is 4.79 Å². The number of rotatable bonds is 4. The van der Waals surface area contributed by atoms with Crippen molar-refractivity contribution in [3.8, 4) is 6.07 Å². The molecule has 0 aliphatic rings. The van der Waals surface area contributed by atoms with Crippen molar-refractivity contribution in [2.45, 2.75) is 27.2 Å². The number of benzene rings is 1. The molecule has 2 N–H and O–H groups in total. The Kier molecular flexibility index (Phi) is 3.80. The molecule has 0 aliphatic heterocycles. The molecule has 0 fully saturated rings. The largest absolute Gasteiger partial charge is 0.358 e. The van der Waals surface area contributed by atoms with Gasteiger partial charge in [0.1, 0.15) is 5.41 Å². The molecule has 0 spiro atoms. The number of aryl methyl sites for hydroxylation is 1. The van der Waals surface area contributed by atoms with Gasteiger partial charge in [-0.25, -0.2) is 0 Å². The van der Waals surface area contributed by atoms with Crippen molar-refractivity contribution in [3.05, 3.63) is 35.5 Å². The molecule has 0 saturated carbocycles. The maximum absolute atomic E-state index is 11.8. The molecule has 1 amide bonds. The van der Waals surface area contributed by atoms with Crippen LogP contribution in [0.1, 0.15) is 25.1 Å². The van der Waals surface area contributed by atoms with E-state index in [0.29, 0.717) is 6.54 Å². The minimum Gasteiger partial charge on any atom is -0.358 e. The lowest BCUT2D eigenvalue weighted by Gasteiger charge is -2.14. The number of nitriles is 1. The molecule has 0 unspecified atom stereocenters. The summed E-state index contributed by atoms with van der Waals surface area (Å²) < 4.78 is 0. The van der Waals surface area contributed by atoms with Crippen molar-refractivity contribution in [1.29, 1.82) is 5.26 Å². The van der Waals surface area contributed by atoms with Gasteiger partial charge in [-0.1, -0.05) is 18.2 Å². The van der Waals surface area contributed by atoms with Gasteiger partial charge >= 0.3 is 0 Å². The molecule has 4 heteroatoms. The van der Waals surface area contributed by atoms with Crippen LogP contribution >= 0.6 is 0 Å². The molecular weight excluding hydrogens is 250 g/mol. The van der Waals surface area contributed by atoms with E-state index in [1.807, 2.05) is 31.2 Å². The zero-order chi connectivity index (χ0) is 14.8. The summed E-state index contributed by atoms with van der Waals surface area (Å²) in [5.74, 6) is -0.225. The number of hydrogen-bond donors (Lipinski definition) is 2. The predicted molar refractivity (Wildman–Crippen MR) is 79.1 cm³/mol. The lowest BCUT2D eigenvalue weighted by atomic mass is 9.94. The van der Waals surface area contributed by atoms with E-state index >= 15 is 0 Å². The highest BCUT2D eigenvalue weighted by atomic mass is 16.2. The highest BCUT2D eigenvalue weighted by Crippen LogP contribution is 2.22. The topological polar surface area (TPSA) is 68.7 Å². The van der Waals surface area contributed by atoms with Crippen molar-refractivity contribution in [2.75, 3.05) is 6.54 Å². The van der Waals surface area contributed by atoms with Crippen molar-refractivity contribution in [2.24, 2.45) is 5.41 Å². The van der Waals surface area contributed by atoms with Crippen LogP contribution in [0.15, 0.2) is 24.3 Å². The fourth-order valence-electron chi connectivity index (χ4n) is 2.23. The van der Waals surface area contributed by atoms with Gasteiger partial charge in [0.15, 0.2) is 0 Å². The van der Waals surface area contributed by atoms with Gasteiger partial charge in [-0.05, 0) is 38.8 Å². The Morgan fingerprint density at radius 2 is 2.10 bits per heavy atom. The summed E-state index contributed by atoms with van der Waals surface area (Å²) in [4.78, 5) is 15.2. The standard InChI is InChI=1S/C16H19N3O/c1-11-12(13-6-4-5-7-14(13)19-11)8-9-18-15(20)16(2,3)10-17/h4-7,19H,8-9H2,1-3H3,(H,18,20). The molecule has 1 aromatic heterocycles. The first-order valence-corrected chi connectivity index (χ1v) is 6.71. The maximum atomic E-state index is 11.8. The first kappa shape index (κ1) is 14.1. The third-order valence-corrected chi connectivity index (χ3v) is 3.53. The van der Waals surface area contributed by atoms with E-state index in [-0.39, 0.29) is 5.91 Å². The van der Waals surface area contributed by atoms with E-state index in [1.54, 1.807) is 13.8 Å². The second-order valence-electron chi connectivity index (χ2n) is 5.52. The molecule has 4 nitrogen and oxygen atoms in total. The normalized spacial score (nSPS) is 11.3. The molecule has 2 aromatic rings. The summed E-state index contributed by atoms with van der Waals surface area (Å²) in [7, 11) is 0. The lowest BCUT2D eigenvalue weighted by Crippen LogP contribution is -2.37. The number of aromatic amines is 1. The van der Waals surface area contributed by atoms with E-state index in [2.05, 4.69) is 16.4 Å². The molecule has 0 saturated heterocycles. The first-order chi connectivity index (χ1) is 9.45. The van der Waals surface area contributed by atoms with Gasteiger partial charge in [-0.2, -0.15) is 5.26 Å². The molecule has 1 heterocycles. The van der Waals surface area contributed by atoms with Gasteiger partial charge < -0.3 is 10.3 Å². The summed E-state index contributed by atoms with van der Waals surface area (Å²) in [5.41, 5.74) is 2.48. The fraction of sp³-hybridized carbons (Fsp3) is 0.375. The van der Waals surface area contributed by atoms with Crippen LogP contribution in [0.2, 0.25) is 0 Å². The Labute approximate surface area is 118 Å². The minimum absolute atomic E-state index is 0.225. The average molecular weight is 269 g/mol. The number of aromatic nitrogens is 1. The smallest absolute Gasteiger partial charge is 0.239 e. The number of H-pyrrole nitrogens is 1. The summed E-state index contributed by atoms with van der Waals surface area (Å²) in [6.45, 7) is 5.82. The van der Waals surface area contributed by atoms with E-state index in [0.717, 1.165) is 17.6 Å². The third kappa shape index (κ3) is 2.67. The SMILES string of the molecule is Cc1[nH]c2ccccc2c1CCNC(=O)C(C)(C)C#N. The number of fused-ring (bicyclic) bond motifs is 1. The monoisotopic (exact) mass is 269 g/mol. The third-order valence-electron chi connectivity index (χ3n) is 3.53. The molecule has 0 bridgehead atoms. The first-order valence-electron chi connectivity index (χ1n) is 6.71. The molecule has 0 radical (unpaired) electrons. The van der Waals surface area contributed by atoms with Gasteiger partial charge in [0.25, 0.3) is 0 Å². The van der Waals surface area contributed by atoms with Crippen LogP contribution in [0.4, 0.5) is 0 Å². The average Bonchev–Trinajstić information content (AvgIpc) is 2.75. The quantitative estimate of drug-likeness (QED) is 0.896. The van der Waals surface area contributed by atoms with E-state index in [4.69, 9.17) is 5.26 Å². The van der Waals surface area contributed by atoms with Crippen molar-refractivity contribution in [1.82, 2.24) is 10.3 Å². The summed E-state index contributed by atoms with van der Waals surface area (Å²) >= 11 is 0. The van der Waals surface area contributed by atoms with Crippen molar-refractivity contribution >= 4 is 16.8 Å². The second-order valence-corrected chi connectivity index (χ2v) is 5.52. The number of para-hydroxylation sites is 1. The van der Waals surface area contributed by atoms with E-state index in [1.165, 1.54) is 10.9 Å². The fourth-order valence-corrected chi connectivity index (χ4v) is 2.23. The van der Waals surface area contributed by atoms with Gasteiger partial charge in [0.05, 0.1) is 6.07 Å². The van der Waals surface area contributed by atoms with Gasteiger partial charge in [0.2, 0.25) is 5.91 Å². The van der Waals surface area contributed by atoms with E-state index < -0.39 is 5.41 Å². The lowest BCUT2D eigenvalue weighted by molar-refractivity contribution is -0.126. The Hall–Kier alpha value is -2.28. The summed E-state index contributed by atoms with van der Waals surface area (Å²) in [5, 5.41) is 12.9. The number of carbonyl (C=O) groups excluding carboxylic acids is 1. The highest BCUT2D eigenvalue weighted by molar-refractivity contribution is 5.85. The molecule has 2 rings (SSSR count).